The van der Waals surface area contributed by atoms with Crippen molar-refractivity contribution in [3.8, 4) is 0 Å². The van der Waals surface area contributed by atoms with Crippen molar-refractivity contribution in [2.75, 3.05) is 18.4 Å². The fourth-order valence-electron chi connectivity index (χ4n) is 3.08. The fraction of sp³-hybridized carbons (Fsp3) is 0.263. The second-order valence-electron chi connectivity index (χ2n) is 6.51. The first-order valence-corrected chi connectivity index (χ1v) is 10.3. The number of benzene rings is 2. The third-order valence-corrected chi connectivity index (χ3v) is 6.62. The maximum atomic E-state index is 13.7. The second-order valence-corrected chi connectivity index (χ2v) is 8.45. The lowest BCUT2D eigenvalue weighted by Gasteiger charge is -2.20. The zero-order valence-electron chi connectivity index (χ0n) is 16.2. The van der Waals surface area contributed by atoms with Crippen LogP contribution in [0, 0.1) is 5.82 Å². The van der Waals surface area contributed by atoms with E-state index in [1.54, 1.807) is 33.2 Å². The molecule has 0 aliphatic rings. The molecule has 0 aliphatic heterocycles. The Morgan fingerprint density at radius 1 is 1.10 bits per heavy atom. The van der Waals surface area contributed by atoms with Crippen LogP contribution in [0.15, 0.2) is 52.2 Å². The number of imidazole rings is 1. The number of aromatic nitrogens is 2. The predicted molar refractivity (Wildman–Crippen MR) is 108 cm³/mol. The summed E-state index contributed by atoms with van der Waals surface area (Å²) in [7, 11) is -0.849. The number of nitrogens with zero attached hydrogens (tertiary/aromatic N) is 3. The Hall–Kier alpha value is -2.98. The number of carbonyl (C=O) groups excluding carboxylic acids is 1. The van der Waals surface area contributed by atoms with Crippen molar-refractivity contribution in [1.82, 2.24) is 13.4 Å². The summed E-state index contributed by atoms with van der Waals surface area (Å²) in [5, 5.41) is 2.38. The quantitative estimate of drug-likeness (QED) is 0.656. The third-order valence-electron chi connectivity index (χ3n) is 4.70. The number of amides is 1. The average molecular weight is 420 g/mol. The molecule has 10 heteroatoms. The highest BCUT2D eigenvalue weighted by molar-refractivity contribution is 7.89. The van der Waals surface area contributed by atoms with E-state index >= 15 is 0 Å². The van der Waals surface area contributed by atoms with E-state index in [-0.39, 0.29) is 22.8 Å². The van der Waals surface area contributed by atoms with Gasteiger partial charge in [-0.05, 0) is 30.3 Å². The monoisotopic (exact) mass is 420 g/mol. The van der Waals surface area contributed by atoms with Crippen LogP contribution in [-0.2, 0) is 28.9 Å². The molecule has 1 N–H and O–H groups in total. The maximum Gasteiger partial charge on any atom is 0.328 e. The first-order chi connectivity index (χ1) is 13.7. The molecule has 3 aromatic rings. The zero-order chi connectivity index (χ0) is 21.3. The van der Waals surface area contributed by atoms with Gasteiger partial charge in [-0.3, -0.25) is 13.9 Å². The molecule has 0 atom stereocenters. The standard InChI is InChI=1S/C19H21FN4O4S/c1-4-24(12-18(25)21-15-8-6-5-7-14(15)20)29(27,28)13-9-10-16-17(11-13)23(3)19(26)22(16)2/h5-11H,4,12H2,1-3H3,(H,21,25). The Morgan fingerprint density at radius 2 is 1.76 bits per heavy atom. The number of para-hydroxylation sites is 1. The van der Waals surface area contributed by atoms with Crippen molar-refractivity contribution in [1.29, 1.82) is 0 Å². The summed E-state index contributed by atoms with van der Waals surface area (Å²) in [5.74, 6) is -1.27. The summed E-state index contributed by atoms with van der Waals surface area (Å²) in [4.78, 5) is 24.3. The fourth-order valence-corrected chi connectivity index (χ4v) is 4.50. The molecule has 0 saturated carbocycles. The van der Waals surface area contributed by atoms with E-state index in [1.165, 1.54) is 39.5 Å². The van der Waals surface area contributed by atoms with Crippen molar-refractivity contribution in [3.05, 3.63) is 58.8 Å². The van der Waals surface area contributed by atoms with Crippen LogP contribution in [0.25, 0.3) is 11.0 Å². The number of carbonyl (C=O) groups is 1. The maximum absolute atomic E-state index is 13.7. The smallest absolute Gasteiger partial charge is 0.322 e. The Balaban J connectivity index is 1.89. The molecule has 154 valence electrons. The van der Waals surface area contributed by atoms with Gasteiger partial charge in [0.05, 0.1) is 28.2 Å². The number of hydrogen-bond donors (Lipinski definition) is 1. The van der Waals surface area contributed by atoms with Gasteiger partial charge in [0.2, 0.25) is 15.9 Å². The molecule has 0 unspecified atom stereocenters. The number of anilines is 1. The molecule has 2 aromatic carbocycles. The summed E-state index contributed by atoms with van der Waals surface area (Å²) in [5.41, 5.74) is 0.764. The molecule has 1 heterocycles. The molecule has 0 spiro atoms. The van der Waals surface area contributed by atoms with Crippen molar-refractivity contribution in [3.63, 3.8) is 0 Å². The molecule has 29 heavy (non-hydrogen) atoms. The van der Waals surface area contributed by atoms with Crippen LogP contribution in [0.5, 0.6) is 0 Å². The molecule has 0 radical (unpaired) electrons. The van der Waals surface area contributed by atoms with Gasteiger partial charge in [0, 0.05) is 20.6 Å². The van der Waals surface area contributed by atoms with Crippen LogP contribution in [-0.4, -0.2) is 40.9 Å². The van der Waals surface area contributed by atoms with Crippen LogP contribution in [0.4, 0.5) is 10.1 Å². The number of nitrogens with one attached hydrogen (secondary N) is 1. The van der Waals surface area contributed by atoms with E-state index in [9.17, 15) is 22.4 Å². The van der Waals surface area contributed by atoms with Crippen LogP contribution in [0.1, 0.15) is 6.92 Å². The van der Waals surface area contributed by atoms with E-state index in [0.717, 1.165) is 4.31 Å². The summed E-state index contributed by atoms with van der Waals surface area (Å²) >= 11 is 0. The van der Waals surface area contributed by atoms with Gasteiger partial charge >= 0.3 is 5.69 Å². The second kappa shape index (κ2) is 7.80. The van der Waals surface area contributed by atoms with Gasteiger partial charge in [-0.1, -0.05) is 19.1 Å². The van der Waals surface area contributed by atoms with E-state index in [1.807, 2.05) is 0 Å². The number of halogens is 1. The van der Waals surface area contributed by atoms with Crippen molar-refractivity contribution >= 4 is 32.7 Å². The summed E-state index contributed by atoms with van der Waals surface area (Å²) in [6.45, 7) is 1.17. The van der Waals surface area contributed by atoms with E-state index in [2.05, 4.69) is 5.32 Å². The summed E-state index contributed by atoms with van der Waals surface area (Å²) in [6.07, 6.45) is 0. The minimum Gasteiger partial charge on any atom is -0.322 e. The normalized spacial score (nSPS) is 11.9. The first kappa shape index (κ1) is 20.7. The molecular formula is C19H21FN4O4S. The average Bonchev–Trinajstić information content (AvgIpc) is 2.91. The SMILES string of the molecule is CCN(CC(=O)Nc1ccccc1F)S(=O)(=O)c1ccc2c(c1)n(C)c(=O)n2C. The van der Waals surface area contributed by atoms with E-state index < -0.39 is 28.3 Å². The van der Waals surface area contributed by atoms with Crippen LogP contribution >= 0.6 is 0 Å². The number of aryl methyl sites for hydroxylation is 2. The Morgan fingerprint density at radius 3 is 2.41 bits per heavy atom. The summed E-state index contributed by atoms with van der Waals surface area (Å²) in [6, 6.07) is 9.99. The van der Waals surface area contributed by atoms with Crippen molar-refractivity contribution in [2.24, 2.45) is 14.1 Å². The molecule has 8 nitrogen and oxygen atoms in total. The molecule has 1 aromatic heterocycles. The Kier molecular flexibility index (Phi) is 5.58. The minimum atomic E-state index is -4.01. The molecule has 0 aliphatic carbocycles. The largest absolute Gasteiger partial charge is 0.328 e. The summed E-state index contributed by atoms with van der Waals surface area (Å²) < 4.78 is 43.6. The molecule has 1 amide bonds. The molecule has 3 rings (SSSR count). The van der Waals surface area contributed by atoms with Gasteiger partial charge in [-0.2, -0.15) is 4.31 Å². The number of sulfonamides is 1. The Bertz CT molecular complexity index is 1250. The number of hydrogen-bond acceptors (Lipinski definition) is 4. The number of likely N-dealkylation sites (N-methyl/N-ethyl adjacent to an activating group) is 1. The zero-order valence-corrected chi connectivity index (χ0v) is 17.0. The van der Waals surface area contributed by atoms with Crippen molar-refractivity contribution in [2.45, 2.75) is 11.8 Å². The van der Waals surface area contributed by atoms with Gasteiger partial charge in [0.25, 0.3) is 0 Å². The highest BCUT2D eigenvalue weighted by Gasteiger charge is 2.26. The molecular weight excluding hydrogens is 399 g/mol. The van der Waals surface area contributed by atoms with Crippen LogP contribution < -0.4 is 11.0 Å². The first-order valence-electron chi connectivity index (χ1n) is 8.86. The Labute approximate surface area is 167 Å². The number of rotatable bonds is 6. The van der Waals surface area contributed by atoms with Gasteiger partial charge in [0.1, 0.15) is 5.82 Å². The lowest BCUT2D eigenvalue weighted by molar-refractivity contribution is -0.116. The molecule has 0 bridgehead atoms. The minimum absolute atomic E-state index is 0.0216. The predicted octanol–water partition coefficient (Wildman–Crippen LogP) is 1.67. The lowest BCUT2D eigenvalue weighted by atomic mass is 10.3. The van der Waals surface area contributed by atoms with Crippen LogP contribution in [0.3, 0.4) is 0 Å². The van der Waals surface area contributed by atoms with Gasteiger partial charge in [0.15, 0.2) is 0 Å². The van der Waals surface area contributed by atoms with Gasteiger partial charge in [-0.25, -0.2) is 17.6 Å². The number of fused-ring (bicyclic) bond motifs is 1. The highest BCUT2D eigenvalue weighted by atomic mass is 32.2. The van der Waals surface area contributed by atoms with E-state index in [0.29, 0.717) is 11.0 Å². The molecule has 0 saturated heterocycles. The lowest BCUT2D eigenvalue weighted by Crippen LogP contribution is -2.38. The van der Waals surface area contributed by atoms with E-state index in [4.69, 9.17) is 0 Å². The van der Waals surface area contributed by atoms with Crippen molar-refractivity contribution < 1.29 is 17.6 Å². The van der Waals surface area contributed by atoms with Gasteiger partial charge in [-0.15, -0.1) is 0 Å². The topological polar surface area (TPSA) is 93.4 Å². The third kappa shape index (κ3) is 3.81. The molecule has 0 fully saturated rings. The van der Waals surface area contributed by atoms with Crippen LogP contribution in [0.2, 0.25) is 0 Å². The highest BCUT2D eigenvalue weighted by Crippen LogP contribution is 2.21. The van der Waals surface area contributed by atoms with Gasteiger partial charge < -0.3 is 5.32 Å².